The summed E-state index contributed by atoms with van der Waals surface area (Å²) in [5.41, 5.74) is 1.99. The van der Waals surface area contributed by atoms with Crippen molar-refractivity contribution in [3.8, 4) is 17.2 Å². The maximum atomic E-state index is 12.4. The predicted octanol–water partition coefficient (Wildman–Crippen LogP) is 4.40. The number of fused-ring (bicyclic) bond motifs is 1. The summed E-state index contributed by atoms with van der Waals surface area (Å²) in [5.74, 6) is 1.44. The fourth-order valence-corrected chi connectivity index (χ4v) is 3.04. The molecule has 1 N–H and O–H groups in total. The molecule has 4 rings (SSSR count). The van der Waals surface area contributed by atoms with Gasteiger partial charge in [0.05, 0.1) is 6.61 Å². The SMILES string of the molecule is Cc1oc(-c2ccccc2)nc1C(=O)NCCCOc1cccc2cccnc12. The van der Waals surface area contributed by atoms with Crippen LogP contribution in [0.25, 0.3) is 22.4 Å². The molecule has 0 saturated heterocycles. The molecule has 0 aliphatic heterocycles. The zero-order valence-corrected chi connectivity index (χ0v) is 16.1. The lowest BCUT2D eigenvalue weighted by Crippen LogP contribution is -2.26. The van der Waals surface area contributed by atoms with Crippen LogP contribution in [0.4, 0.5) is 0 Å². The summed E-state index contributed by atoms with van der Waals surface area (Å²) in [7, 11) is 0. The second-order valence-corrected chi connectivity index (χ2v) is 6.58. The Balaban J connectivity index is 1.30. The van der Waals surface area contributed by atoms with Crippen LogP contribution in [-0.2, 0) is 0 Å². The average molecular weight is 387 g/mol. The molecule has 0 spiro atoms. The summed E-state index contributed by atoms with van der Waals surface area (Å²) >= 11 is 0. The van der Waals surface area contributed by atoms with Crippen LogP contribution in [0, 0.1) is 6.92 Å². The highest BCUT2D eigenvalue weighted by Crippen LogP contribution is 2.23. The largest absolute Gasteiger partial charge is 0.491 e. The molecule has 29 heavy (non-hydrogen) atoms. The van der Waals surface area contributed by atoms with E-state index in [2.05, 4.69) is 15.3 Å². The number of carbonyl (C=O) groups is 1. The fourth-order valence-electron chi connectivity index (χ4n) is 3.04. The van der Waals surface area contributed by atoms with Crippen molar-refractivity contribution in [2.24, 2.45) is 0 Å². The van der Waals surface area contributed by atoms with Gasteiger partial charge in [0, 0.05) is 23.7 Å². The Labute approximate surface area is 168 Å². The highest BCUT2D eigenvalue weighted by atomic mass is 16.5. The van der Waals surface area contributed by atoms with Crippen LogP contribution in [0.3, 0.4) is 0 Å². The maximum absolute atomic E-state index is 12.4. The van der Waals surface area contributed by atoms with E-state index >= 15 is 0 Å². The van der Waals surface area contributed by atoms with E-state index in [1.54, 1.807) is 13.1 Å². The number of oxazole rings is 1. The van der Waals surface area contributed by atoms with Crippen LogP contribution in [0.5, 0.6) is 5.75 Å². The summed E-state index contributed by atoms with van der Waals surface area (Å²) in [4.78, 5) is 21.1. The van der Waals surface area contributed by atoms with Gasteiger partial charge in [0.25, 0.3) is 5.91 Å². The van der Waals surface area contributed by atoms with E-state index in [0.717, 1.165) is 22.2 Å². The van der Waals surface area contributed by atoms with Gasteiger partial charge in [0.1, 0.15) is 17.0 Å². The number of carbonyl (C=O) groups excluding carboxylic acids is 1. The van der Waals surface area contributed by atoms with Crippen LogP contribution in [0.15, 0.2) is 71.3 Å². The number of ether oxygens (including phenoxy) is 1. The molecule has 0 saturated carbocycles. The third-order valence-corrected chi connectivity index (χ3v) is 4.49. The predicted molar refractivity (Wildman–Crippen MR) is 111 cm³/mol. The van der Waals surface area contributed by atoms with Crippen molar-refractivity contribution in [1.82, 2.24) is 15.3 Å². The van der Waals surface area contributed by atoms with Crippen molar-refractivity contribution in [3.63, 3.8) is 0 Å². The minimum atomic E-state index is -0.250. The van der Waals surface area contributed by atoms with E-state index in [1.807, 2.05) is 60.7 Å². The van der Waals surface area contributed by atoms with Gasteiger partial charge in [-0.3, -0.25) is 9.78 Å². The van der Waals surface area contributed by atoms with Crippen molar-refractivity contribution in [2.75, 3.05) is 13.2 Å². The molecule has 6 nitrogen and oxygen atoms in total. The average Bonchev–Trinajstić information content (AvgIpc) is 3.16. The number of pyridine rings is 1. The number of nitrogens with zero attached hydrogens (tertiary/aromatic N) is 2. The first kappa shape index (κ1) is 18.7. The zero-order chi connectivity index (χ0) is 20.1. The van der Waals surface area contributed by atoms with E-state index < -0.39 is 0 Å². The highest BCUT2D eigenvalue weighted by Gasteiger charge is 2.17. The van der Waals surface area contributed by atoms with Gasteiger partial charge in [0.15, 0.2) is 5.69 Å². The zero-order valence-electron chi connectivity index (χ0n) is 16.1. The molecular weight excluding hydrogens is 366 g/mol. The second kappa shape index (κ2) is 8.56. The van der Waals surface area contributed by atoms with Gasteiger partial charge in [-0.2, -0.15) is 0 Å². The number of aryl methyl sites for hydroxylation is 1. The smallest absolute Gasteiger partial charge is 0.273 e. The molecule has 0 atom stereocenters. The molecule has 0 unspecified atom stereocenters. The molecule has 146 valence electrons. The summed E-state index contributed by atoms with van der Waals surface area (Å²) in [6.45, 7) is 2.69. The quantitative estimate of drug-likeness (QED) is 0.476. The molecule has 6 heteroatoms. The number of para-hydroxylation sites is 1. The van der Waals surface area contributed by atoms with E-state index in [0.29, 0.717) is 36.9 Å². The standard InChI is InChI=1S/C23H21N3O3/c1-16-20(26-23(29-16)18-8-3-2-4-9-18)22(27)25-14-7-15-28-19-12-5-10-17-11-6-13-24-21(17)19/h2-6,8-13H,7,14-15H2,1H3,(H,25,27). The first-order chi connectivity index (χ1) is 14.2. The second-order valence-electron chi connectivity index (χ2n) is 6.58. The van der Waals surface area contributed by atoms with Crippen molar-refractivity contribution in [2.45, 2.75) is 13.3 Å². The summed E-state index contributed by atoms with van der Waals surface area (Å²) in [6, 6.07) is 19.3. The molecule has 0 aliphatic rings. The van der Waals surface area contributed by atoms with Crippen molar-refractivity contribution in [3.05, 3.63) is 78.3 Å². The molecule has 1 amide bonds. The van der Waals surface area contributed by atoms with Gasteiger partial charge >= 0.3 is 0 Å². The number of amides is 1. The lowest BCUT2D eigenvalue weighted by molar-refractivity contribution is 0.0945. The fraction of sp³-hybridized carbons (Fsp3) is 0.174. The van der Waals surface area contributed by atoms with Gasteiger partial charge in [-0.25, -0.2) is 4.98 Å². The topological polar surface area (TPSA) is 77.2 Å². The van der Waals surface area contributed by atoms with Crippen LogP contribution < -0.4 is 10.1 Å². The van der Waals surface area contributed by atoms with Gasteiger partial charge in [-0.05, 0) is 37.6 Å². The first-order valence-electron chi connectivity index (χ1n) is 9.50. The summed E-state index contributed by atoms with van der Waals surface area (Å²) < 4.78 is 11.5. The minimum absolute atomic E-state index is 0.250. The normalized spacial score (nSPS) is 10.8. The molecule has 0 fully saturated rings. The Kier molecular flexibility index (Phi) is 5.52. The van der Waals surface area contributed by atoms with Crippen LogP contribution in [0.2, 0.25) is 0 Å². The minimum Gasteiger partial charge on any atom is -0.491 e. The lowest BCUT2D eigenvalue weighted by atomic mass is 10.2. The molecule has 0 radical (unpaired) electrons. The summed E-state index contributed by atoms with van der Waals surface area (Å²) in [5, 5.41) is 3.91. The van der Waals surface area contributed by atoms with E-state index in [-0.39, 0.29) is 5.91 Å². The van der Waals surface area contributed by atoms with Gasteiger partial charge in [0.2, 0.25) is 5.89 Å². The lowest BCUT2D eigenvalue weighted by Gasteiger charge is -2.09. The Morgan fingerprint density at radius 3 is 2.76 bits per heavy atom. The van der Waals surface area contributed by atoms with Crippen molar-refractivity contribution in [1.29, 1.82) is 0 Å². The number of hydrogen-bond donors (Lipinski definition) is 1. The molecule has 0 aliphatic carbocycles. The number of aromatic nitrogens is 2. The van der Waals surface area contributed by atoms with E-state index in [1.165, 1.54) is 0 Å². The molecular formula is C23H21N3O3. The Bertz CT molecular complexity index is 1120. The first-order valence-corrected chi connectivity index (χ1v) is 9.50. The third kappa shape index (κ3) is 4.27. The number of hydrogen-bond acceptors (Lipinski definition) is 5. The van der Waals surface area contributed by atoms with Crippen LogP contribution >= 0.6 is 0 Å². The number of benzene rings is 2. The van der Waals surface area contributed by atoms with Crippen LogP contribution in [-0.4, -0.2) is 29.0 Å². The monoisotopic (exact) mass is 387 g/mol. The number of nitrogens with one attached hydrogen (secondary N) is 1. The van der Waals surface area contributed by atoms with Gasteiger partial charge in [-0.15, -0.1) is 0 Å². The van der Waals surface area contributed by atoms with E-state index in [4.69, 9.17) is 9.15 Å². The highest BCUT2D eigenvalue weighted by molar-refractivity contribution is 5.93. The van der Waals surface area contributed by atoms with Gasteiger partial charge < -0.3 is 14.5 Å². The molecule has 4 aromatic rings. The van der Waals surface area contributed by atoms with Crippen molar-refractivity contribution >= 4 is 16.8 Å². The molecule has 2 heterocycles. The maximum Gasteiger partial charge on any atom is 0.273 e. The number of rotatable bonds is 7. The van der Waals surface area contributed by atoms with Gasteiger partial charge in [-0.1, -0.05) is 36.4 Å². The van der Waals surface area contributed by atoms with Crippen LogP contribution in [0.1, 0.15) is 22.7 Å². The Morgan fingerprint density at radius 2 is 1.90 bits per heavy atom. The van der Waals surface area contributed by atoms with E-state index in [9.17, 15) is 4.79 Å². The molecule has 2 aromatic carbocycles. The molecule has 2 aromatic heterocycles. The van der Waals surface area contributed by atoms with Crippen molar-refractivity contribution < 1.29 is 13.9 Å². The summed E-state index contributed by atoms with van der Waals surface area (Å²) in [6.07, 6.45) is 2.41. The Morgan fingerprint density at radius 1 is 1.07 bits per heavy atom. The third-order valence-electron chi connectivity index (χ3n) is 4.49. The Hall–Kier alpha value is -3.67. The molecule has 0 bridgehead atoms.